The minimum atomic E-state index is -4.11. The van der Waals surface area contributed by atoms with E-state index in [1.165, 1.54) is 30.5 Å². The van der Waals surface area contributed by atoms with Crippen molar-refractivity contribution < 1.29 is 23.2 Å². The molecule has 1 heterocycles. The van der Waals surface area contributed by atoms with Crippen molar-refractivity contribution in [3.05, 3.63) is 59.0 Å². The van der Waals surface area contributed by atoms with Crippen molar-refractivity contribution in [1.29, 1.82) is 0 Å². The van der Waals surface area contributed by atoms with Gasteiger partial charge in [0.2, 0.25) is 0 Å². The second-order valence-electron chi connectivity index (χ2n) is 5.22. The monoisotopic (exact) mass is 385 g/mol. The molecule has 3 aromatic rings. The van der Waals surface area contributed by atoms with Gasteiger partial charge in [0.25, 0.3) is 10.0 Å². The van der Waals surface area contributed by atoms with Crippen molar-refractivity contribution >= 4 is 38.2 Å². The van der Waals surface area contributed by atoms with Gasteiger partial charge < -0.3 is 5.73 Å². The molecule has 3 rings (SSSR count). The standard InChI is InChI=1S/C15H13ClFN3O4S/c16-13-3-2-11(6-15(13)20(21)22)25(23,24)19-8-9(7-18)12-5-10(17)1-4-14(12)19/h1-6,8,21-22H,7,18H2. The zero-order chi connectivity index (χ0) is 18.4. The molecule has 2 aromatic carbocycles. The minimum Gasteiger partial charge on any atom is -0.326 e. The molecule has 0 bridgehead atoms. The van der Waals surface area contributed by atoms with Crippen LogP contribution < -0.4 is 11.0 Å². The minimum absolute atomic E-state index is 0.0232. The van der Waals surface area contributed by atoms with Crippen LogP contribution in [0.4, 0.5) is 10.1 Å². The largest absolute Gasteiger partial charge is 0.326 e. The van der Waals surface area contributed by atoms with Crippen LogP contribution in [0.2, 0.25) is 5.02 Å². The molecule has 25 heavy (non-hydrogen) atoms. The number of halogens is 2. The maximum atomic E-state index is 13.5. The first kappa shape index (κ1) is 17.6. The Morgan fingerprint density at radius 1 is 1.20 bits per heavy atom. The zero-order valence-electron chi connectivity index (χ0n) is 12.6. The number of hydrogen-bond acceptors (Lipinski definition) is 6. The zero-order valence-corrected chi connectivity index (χ0v) is 14.2. The lowest BCUT2D eigenvalue weighted by molar-refractivity contribution is 0.0291. The Labute approximate surface area is 147 Å². The van der Waals surface area contributed by atoms with Gasteiger partial charge in [-0.15, -0.1) is 5.23 Å². The molecule has 0 saturated heterocycles. The highest BCUT2D eigenvalue weighted by molar-refractivity contribution is 7.90. The maximum Gasteiger partial charge on any atom is 0.268 e. The Morgan fingerprint density at radius 3 is 2.56 bits per heavy atom. The number of aromatic nitrogens is 1. The summed E-state index contributed by atoms with van der Waals surface area (Å²) in [7, 11) is -4.11. The summed E-state index contributed by atoms with van der Waals surface area (Å²) in [4.78, 5) is -0.232. The molecule has 0 aliphatic heterocycles. The van der Waals surface area contributed by atoms with Crippen LogP contribution in [0.3, 0.4) is 0 Å². The van der Waals surface area contributed by atoms with E-state index in [1.54, 1.807) is 0 Å². The number of nitrogens with two attached hydrogens (primary N) is 1. The second kappa shape index (κ2) is 6.28. The fourth-order valence-corrected chi connectivity index (χ4v) is 4.12. The molecule has 132 valence electrons. The van der Waals surface area contributed by atoms with Gasteiger partial charge in [0.1, 0.15) is 11.5 Å². The van der Waals surface area contributed by atoms with Gasteiger partial charge in [-0.2, -0.15) is 0 Å². The average molecular weight is 386 g/mol. The predicted molar refractivity (Wildman–Crippen MR) is 89.9 cm³/mol. The molecule has 0 fully saturated rings. The van der Waals surface area contributed by atoms with E-state index in [4.69, 9.17) is 27.7 Å². The summed E-state index contributed by atoms with van der Waals surface area (Å²) in [6.45, 7) is 0.0232. The molecular formula is C15H13ClFN3O4S. The Morgan fingerprint density at radius 2 is 1.92 bits per heavy atom. The average Bonchev–Trinajstić information content (AvgIpc) is 2.93. The quantitative estimate of drug-likeness (QED) is 0.596. The molecule has 0 unspecified atom stereocenters. The summed E-state index contributed by atoms with van der Waals surface area (Å²) < 4.78 is 40.4. The van der Waals surface area contributed by atoms with Crippen molar-refractivity contribution in [3.8, 4) is 0 Å². The van der Waals surface area contributed by atoms with E-state index in [0.717, 1.165) is 16.1 Å². The number of nitrogens with zero attached hydrogens (tertiary/aromatic N) is 2. The van der Waals surface area contributed by atoms with Crippen LogP contribution in [0.5, 0.6) is 0 Å². The Hall–Kier alpha value is -2.17. The molecule has 0 radical (unpaired) electrons. The lowest BCUT2D eigenvalue weighted by Gasteiger charge is -2.13. The summed E-state index contributed by atoms with van der Waals surface area (Å²) in [6.07, 6.45) is 1.31. The summed E-state index contributed by atoms with van der Waals surface area (Å²) in [5.74, 6) is -0.512. The van der Waals surface area contributed by atoms with Gasteiger partial charge in [0.15, 0.2) is 0 Å². The molecule has 4 N–H and O–H groups in total. The molecule has 0 aliphatic rings. The summed E-state index contributed by atoms with van der Waals surface area (Å²) in [6, 6.07) is 7.14. The molecule has 0 amide bonds. The van der Waals surface area contributed by atoms with Crippen molar-refractivity contribution in [3.63, 3.8) is 0 Å². The van der Waals surface area contributed by atoms with Gasteiger partial charge >= 0.3 is 0 Å². The Balaban J connectivity index is 2.25. The molecule has 0 spiro atoms. The molecular weight excluding hydrogens is 373 g/mol. The van der Waals surface area contributed by atoms with E-state index in [0.29, 0.717) is 10.9 Å². The van der Waals surface area contributed by atoms with Crippen LogP contribution in [-0.4, -0.2) is 22.8 Å². The third kappa shape index (κ3) is 2.96. The summed E-state index contributed by atoms with van der Waals surface area (Å²) >= 11 is 5.80. The van der Waals surface area contributed by atoms with E-state index >= 15 is 0 Å². The number of rotatable bonds is 4. The normalized spacial score (nSPS) is 11.9. The highest BCUT2D eigenvalue weighted by Gasteiger charge is 2.23. The third-order valence-electron chi connectivity index (χ3n) is 3.72. The van der Waals surface area contributed by atoms with Crippen molar-refractivity contribution in [2.45, 2.75) is 11.4 Å². The van der Waals surface area contributed by atoms with Gasteiger partial charge in [-0.3, -0.25) is 10.4 Å². The Kier molecular flexibility index (Phi) is 4.43. The topological polar surface area (TPSA) is 109 Å². The van der Waals surface area contributed by atoms with Crippen LogP contribution in [0.15, 0.2) is 47.5 Å². The van der Waals surface area contributed by atoms with Gasteiger partial charge in [-0.05, 0) is 42.0 Å². The molecule has 0 saturated carbocycles. The summed E-state index contributed by atoms with van der Waals surface area (Å²) in [5, 5.41) is 18.4. The van der Waals surface area contributed by atoms with Gasteiger partial charge in [0.05, 0.1) is 15.4 Å². The van der Waals surface area contributed by atoms with Crippen LogP contribution >= 0.6 is 11.6 Å². The molecule has 7 nitrogen and oxygen atoms in total. The SMILES string of the molecule is NCc1cn(S(=O)(=O)c2ccc(Cl)c(N(O)O)c2)c2ccc(F)cc12. The molecule has 0 atom stereocenters. The van der Waals surface area contributed by atoms with Crippen molar-refractivity contribution in [1.82, 2.24) is 3.97 Å². The van der Waals surface area contributed by atoms with E-state index in [-0.39, 0.29) is 32.9 Å². The number of fused-ring (bicyclic) bond motifs is 1. The van der Waals surface area contributed by atoms with Gasteiger partial charge in [-0.1, -0.05) is 11.6 Å². The summed E-state index contributed by atoms with van der Waals surface area (Å²) in [5.41, 5.74) is 6.03. The fourth-order valence-electron chi connectivity index (χ4n) is 2.52. The highest BCUT2D eigenvalue weighted by Crippen LogP contribution is 2.31. The van der Waals surface area contributed by atoms with Crippen LogP contribution in [0.1, 0.15) is 5.56 Å². The first-order valence-corrected chi connectivity index (χ1v) is 8.80. The van der Waals surface area contributed by atoms with Crippen molar-refractivity contribution in [2.75, 3.05) is 5.23 Å². The fraction of sp³-hybridized carbons (Fsp3) is 0.0667. The predicted octanol–water partition coefficient (Wildman–Crippen LogP) is 2.71. The van der Waals surface area contributed by atoms with Gasteiger partial charge in [-0.25, -0.2) is 16.8 Å². The molecule has 1 aromatic heterocycles. The van der Waals surface area contributed by atoms with Gasteiger partial charge in [0, 0.05) is 18.1 Å². The second-order valence-corrected chi connectivity index (χ2v) is 7.45. The lowest BCUT2D eigenvalue weighted by atomic mass is 10.2. The molecule has 0 aliphatic carbocycles. The van der Waals surface area contributed by atoms with Crippen LogP contribution in [0.25, 0.3) is 10.9 Å². The van der Waals surface area contributed by atoms with E-state index in [2.05, 4.69) is 0 Å². The third-order valence-corrected chi connectivity index (χ3v) is 5.71. The maximum absolute atomic E-state index is 13.5. The smallest absolute Gasteiger partial charge is 0.268 e. The van der Waals surface area contributed by atoms with Crippen LogP contribution in [0, 0.1) is 5.82 Å². The first-order chi connectivity index (χ1) is 11.8. The van der Waals surface area contributed by atoms with E-state index < -0.39 is 15.8 Å². The van der Waals surface area contributed by atoms with Crippen LogP contribution in [-0.2, 0) is 16.6 Å². The lowest BCUT2D eigenvalue weighted by Crippen LogP contribution is -2.15. The number of benzene rings is 2. The molecule has 10 heteroatoms. The van der Waals surface area contributed by atoms with E-state index in [1.807, 2.05) is 0 Å². The Bertz CT molecular complexity index is 1070. The highest BCUT2D eigenvalue weighted by atomic mass is 35.5. The number of hydrogen-bond donors (Lipinski definition) is 3. The van der Waals surface area contributed by atoms with Crippen molar-refractivity contribution in [2.24, 2.45) is 5.73 Å². The van der Waals surface area contributed by atoms with E-state index in [9.17, 15) is 12.8 Å². The first-order valence-electron chi connectivity index (χ1n) is 6.98. The number of anilines is 1.